The number of carbonyl (C=O) groups is 2. The fourth-order valence-corrected chi connectivity index (χ4v) is 1.36. The van der Waals surface area contributed by atoms with E-state index in [9.17, 15) is 14.7 Å². The third-order valence-corrected chi connectivity index (χ3v) is 2.07. The van der Waals surface area contributed by atoms with Crippen molar-refractivity contribution in [3.8, 4) is 5.75 Å². The van der Waals surface area contributed by atoms with E-state index >= 15 is 0 Å². The average molecular weight is 278 g/mol. The molecule has 0 aliphatic carbocycles. The van der Waals surface area contributed by atoms with Crippen LogP contribution >= 0.6 is 0 Å². The van der Waals surface area contributed by atoms with Gasteiger partial charge in [-0.25, -0.2) is 20.4 Å². The third kappa shape index (κ3) is 4.64. The van der Waals surface area contributed by atoms with E-state index in [1.165, 1.54) is 12.4 Å². The van der Waals surface area contributed by atoms with Gasteiger partial charge >= 0.3 is 12.1 Å². The van der Waals surface area contributed by atoms with E-state index in [4.69, 9.17) is 11.5 Å². The van der Waals surface area contributed by atoms with Crippen LogP contribution in [0.15, 0.2) is 22.3 Å². The van der Waals surface area contributed by atoms with Gasteiger partial charge in [0.15, 0.2) is 0 Å². The highest BCUT2D eigenvalue weighted by molar-refractivity contribution is 5.92. The fraction of sp³-hybridized carbons (Fsp3) is 0.0909. The molecule has 20 heavy (non-hydrogen) atoms. The minimum Gasteiger partial charge on any atom is -0.507 e. The maximum Gasteiger partial charge on any atom is 0.332 e. The number of phenolic OH excluding ortho intramolecular Hbond substituents is 1. The van der Waals surface area contributed by atoms with Gasteiger partial charge in [0.2, 0.25) is 0 Å². The smallest absolute Gasteiger partial charge is 0.332 e. The van der Waals surface area contributed by atoms with Crippen LogP contribution in [0.4, 0.5) is 9.59 Å². The number of nitrogens with zero attached hydrogens (tertiary/aromatic N) is 2. The quantitative estimate of drug-likeness (QED) is 0.379. The Labute approximate surface area is 114 Å². The molecule has 1 rings (SSSR count). The first-order valence-electron chi connectivity index (χ1n) is 5.40. The predicted octanol–water partition coefficient (Wildman–Crippen LogP) is -0.295. The van der Waals surface area contributed by atoms with E-state index in [0.717, 1.165) is 5.56 Å². The Balaban J connectivity index is 3.00. The van der Waals surface area contributed by atoms with Gasteiger partial charge in [-0.05, 0) is 24.6 Å². The maximum atomic E-state index is 10.5. The first-order valence-corrected chi connectivity index (χ1v) is 5.40. The molecule has 0 saturated carbocycles. The van der Waals surface area contributed by atoms with Crippen LogP contribution in [0.3, 0.4) is 0 Å². The van der Waals surface area contributed by atoms with E-state index in [1.807, 2.05) is 10.9 Å². The summed E-state index contributed by atoms with van der Waals surface area (Å²) in [5, 5.41) is 17.1. The molecule has 0 unspecified atom stereocenters. The summed E-state index contributed by atoms with van der Waals surface area (Å²) >= 11 is 0. The molecule has 4 amide bonds. The summed E-state index contributed by atoms with van der Waals surface area (Å²) in [5.74, 6) is -0.124. The van der Waals surface area contributed by atoms with E-state index in [1.54, 1.807) is 19.1 Å². The Morgan fingerprint density at radius 1 is 1.10 bits per heavy atom. The van der Waals surface area contributed by atoms with Crippen molar-refractivity contribution in [1.29, 1.82) is 0 Å². The SMILES string of the molecule is Cc1cc(/C=N\NC(N)=O)c(O)c(/C=N\NC(N)=O)c1. The minimum absolute atomic E-state index is 0.124. The second-order valence-electron chi connectivity index (χ2n) is 3.76. The molecule has 0 spiro atoms. The molecule has 0 heterocycles. The lowest BCUT2D eigenvalue weighted by atomic mass is 10.1. The Hall–Kier alpha value is -3.10. The van der Waals surface area contributed by atoms with Crippen molar-refractivity contribution in [2.75, 3.05) is 0 Å². The van der Waals surface area contributed by atoms with Crippen LogP contribution in [0.25, 0.3) is 0 Å². The first-order chi connectivity index (χ1) is 9.40. The Bertz CT molecular complexity index is 535. The zero-order valence-electron chi connectivity index (χ0n) is 10.6. The van der Waals surface area contributed by atoms with Gasteiger partial charge in [0.1, 0.15) is 5.75 Å². The number of hydrogen-bond donors (Lipinski definition) is 5. The molecule has 7 N–H and O–H groups in total. The summed E-state index contributed by atoms with van der Waals surface area (Å²) in [4.78, 5) is 21.0. The number of rotatable bonds is 4. The van der Waals surface area contributed by atoms with Crippen molar-refractivity contribution in [3.05, 3.63) is 28.8 Å². The lowest BCUT2D eigenvalue weighted by Crippen LogP contribution is -2.24. The highest BCUT2D eigenvalue weighted by atomic mass is 16.3. The van der Waals surface area contributed by atoms with Crippen LogP contribution in [-0.4, -0.2) is 29.6 Å². The summed E-state index contributed by atoms with van der Waals surface area (Å²) in [6.45, 7) is 1.79. The number of benzene rings is 1. The molecule has 0 aliphatic heterocycles. The first kappa shape index (κ1) is 15.0. The number of hydrazone groups is 2. The van der Waals surface area contributed by atoms with Crippen LogP contribution in [0.1, 0.15) is 16.7 Å². The number of hydrogen-bond acceptors (Lipinski definition) is 5. The Morgan fingerprint density at radius 3 is 1.85 bits per heavy atom. The maximum absolute atomic E-state index is 10.5. The van der Waals surface area contributed by atoms with Crippen molar-refractivity contribution in [2.24, 2.45) is 21.7 Å². The van der Waals surface area contributed by atoms with Gasteiger partial charge in [-0.15, -0.1) is 0 Å². The summed E-state index contributed by atoms with van der Waals surface area (Å²) in [6.07, 6.45) is 2.46. The van der Waals surface area contributed by atoms with Crippen molar-refractivity contribution in [1.82, 2.24) is 10.9 Å². The van der Waals surface area contributed by atoms with Gasteiger partial charge in [0.05, 0.1) is 12.4 Å². The van der Waals surface area contributed by atoms with Crippen LogP contribution in [0.2, 0.25) is 0 Å². The average Bonchev–Trinajstić information content (AvgIpc) is 2.33. The molecule has 0 radical (unpaired) electrons. The van der Waals surface area contributed by atoms with Gasteiger partial charge in [0, 0.05) is 11.1 Å². The topological polar surface area (TPSA) is 155 Å². The number of carbonyl (C=O) groups excluding carboxylic acids is 2. The van der Waals surface area contributed by atoms with Gasteiger partial charge in [-0.2, -0.15) is 10.2 Å². The number of nitrogens with two attached hydrogens (primary N) is 2. The standard InChI is InChI=1S/C11H14N6O3/c1-6-2-7(4-14-16-10(12)19)9(18)8(3-6)5-15-17-11(13)20/h2-5,18H,1H3,(H3,12,16,19)(H3,13,17,20)/b14-4-,15-5-. The Morgan fingerprint density at radius 2 is 1.50 bits per heavy atom. The molecule has 0 aromatic heterocycles. The lowest BCUT2D eigenvalue weighted by Gasteiger charge is -2.05. The Kier molecular flexibility index (Phi) is 5.03. The third-order valence-electron chi connectivity index (χ3n) is 2.07. The van der Waals surface area contributed by atoms with Gasteiger partial charge in [-0.1, -0.05) is 0 Å². The second-order valence-corrected chi connectivity index (χ2v) is 3.76. The summed E-state index contributed by atoms with van der Waals surface area (Å²) in [7, 11) is 0. The number of nitrogens with one attached hydrogen (secondary N) is 2. The van der Waals surface area contributed by atoms with Gasteiger partial charge in [0.25, 0.3) is 0 Å². The number of aromatic hydroxyl groups is 1. The highest BCUT2D eigenvalue weighted by Crippen LogP contribution is 2.21. The van der Waals surface area contributed by atoms with Crippen molar-refractivity contribution in [2.45, 2.75) is 6.92 Å². The van der Waals surface area contributed by atoms with E-state index in [0.29, 0.717) is 11.1 Å². The van der Waals surface area contributed by atoms with Crippen molar-refractivity contribution < 1.29 is 14.7 Å². The number of aryl methyl sites for hydroxylation is 1. The molecule has 0 fully saturated rings. The molecule has 1 aromatic rings. The second kappa shape index (κ2) is 6.73. The molecule has 0 atom stereocenters. The molecule has 0 aliphatic rings. The summed E-state index contributed by atoms with van der Waals surface area (Å²) in [6, 6.07) is 1.64. The normalized spacial score (nSPS) is 10.8. The molecule has 9 heteroatoms. The molecule has 0 bridgehead atoms. The number of phenols is 1. The fourth-order valence-electron chi connectivity index (χ4n) is 1.36. The molecular weight excluding hydrogens is 264 g/mol. The number of primary amides is 2. The monoisotopic (exact) mass is 278 g/mol. The molecule has 106 valence electrons. The summed E-state index contributed by atoms with van der Waals surface area (Å²) < 4.78 is 0. The van der Waals surface area contributed by atoms with Crippen LogP contribution in [0, 0.1) is 6.92 Å². The van der Waals surface area contributed by atoms with E-state index in [-0.39, 0.29) is 5.75 Å². The van der Waals surface area contributed by atoms with Crippen LogP contribution < -0.4 is 22.3 Å². The predicted molar refractivity (Wildman–Crippen MR) is 73.5 cm³/mol. The largest absolute Gasteiger partial charge is 0.507 e. The molecule has 9 nitrogen and oxygen atoms in total. The van der Waals surface area contributed by atoms with Crippen LogP contribution in [-0.2, 0) is 0 Å². The van der Waals surface area contributed by atoms with E-state index < -0.39 is 12.1 Å². The lowest BCUT2D eigenvalue weighted by molar-refractivity contribution is 0.248. The summed E-state index contributed by atoms with van der Waals surface area (Å²) in [5.41, 5.74) is 15.2. The minimum atomic E-state index is -0.819. The highest BCUT2D eigenvalue weighted by Gasteiger charge is 2.06. The molecule has 0 saturated heterocycles. The zero-order valence-corrected chi connectivity index (χ0v) is 10.6. The van der Waals surface area contributed by atoms with Crippen molar-refractivity contribution >= 4 is 24.5 Å². The van der Waals surface area contributed by atoms with Crippen LogP contribution in [0.5, 0.6) is 5.75 Å². The molecular formula is C11H14N6O3. The van der Waals surface area contributed by atoms with Gasteiger partial charge < -0.3 is 16.6 Å². The molecule has 1 aromatic carbocycles. The number of urea groups is 2. The number of amides is 4. The van der Waals surface area contributed by atoms with E-state index in [2.05, 4.69) is 10.2 Å². The van der Waals surface area contributed by atoms with Crippen molar-refractivity contribution in [3.63, 3.8) is 0 Å². The van der Waals surface area contributed by atoms with Gasteiger partial charge in [-0.3, -0.25) is 0 Å². The zero-order chi connectivity index (χ0) is 15.1.